The van der Waals surface area contributed by atoms with Crippen molar-refractivity contribution in [1.29, 1.82) is 15.8 Å². The van der Waals surface area contributed by atoms with E-state index in [1.165, 1.54) is 0 Å². The molecule has 1 aromatic rings. The molecule has 0 fully saturated rings. The maximum Gasteiger partial charge on any atom is 0.191 e. The van der Waals surface area contributed by atoms with E-state index in [1.807, 2.05) is 24.3 Å². The Labute approximate surface area is 175 Å². The van der Waals surface area contributed by atoms with Crippen molar-refractivity contribution in [2.45, 2.75) is 39.5 Å². The normalized spacial score (nSPS) is 26.3. The lowest BCUT2D eigenvalue weighted by Crippen LogP contribution is -2.44. The molecular weight excluding hydrogens is 412 g/mol. The Hall–Kier alpha value is -2.55. The zero-order valence-corrected chi connectivity index (χ0v) is 17.9. The van der Waals surface area contributed by atoms with Crippen molar-refractivity contribution < 1.29 is 0 Å². The van der Waals surface area contributed by atoms with Crippen LogP contribution in [0, 0.1) is 56.7 Å². The van der Waals surface area contributed by atoms with Crippen LogP contribution in [0.3, 0.4) is 0 Å². The minimum absolute atomic E-state index is 0.0849. The van der Waals surface area contributed by atoms with Gasteiger partial charge in [-0.05, 0) is 53.4 Å². The largest absolute Gasteiger partial charge is 0.399 e. The van der Waals surface area contributed by atoms with Gasteiger partial charge < -0.3 is 5.73 Å². The number of rotatable bonds is 1. The highest BCUT2D eigenvalue weighted by molar-refractivity contribution is 9.10. The molecule has 1 aromatic carbocycles. The molecule has 5 heteroatoms. The summed E-state index contributed by atoms with van der Waals surface area (Å²) in [5.74, 6) is -0.132. The van der Waals surface area contributed by atoms with Gasteiger partial charge in [-0.2, -0.15) is 15.8 Å². The first-order valence-corrected chi connectivity index (χ1v) is 10.2. The van der Waals surface area contributed by atoms with Gasteiger partial charge in [-0.15, -0.1) is 0 Å². The van der Waals surface area contributed by atoms with Crippen LogP contribution in [0.2, 0.25) is 0 Å². The van der Waals surface area contributed by atoms with Crippen LogP contribution >= 0.6 is 15.9 Å². The van der Waals surface area contributed by atoms with Gasteiger partial charge in [0, 0.05) is 10.4 Å². The fourth-order valence-electron chi connectivity index (χ4n) is 4.67. The Morgan fingerprint density at radius 3 is 2.39 bits per heavy atom. The summed E-state index contributed by atoms with van der Waals surface area (Å²) in [6.07, 6.45) is 3.79. The maximum atomic E-state index is 10.1. The summed E-state index contributed by atoms with van der Waals surface area (Å²) in [7, 11) is 0. The number of benzene rings is 1. The first-order chi connectivity index (χ1) is 13.2. The molecule has 0 bridgehead atoms. The molecule has 0 saturated heterocycles. The number of nitriles is 3. The van der Waals surface area contributed by atoms with E-state index in [1.54, 1.807) is 0 Å². The number of nitrogens with zero attached hydrogens (tertiary/aromatic N) is 3. The van der Waals surface area contributed by atoms with Crippen LogP contribution in [-0.2, 0) is 0 Å². The molecule has 3 atom stereocenters. The fourth-order valence-corrected chi connectivity index (χ4v) is 5.09. The van der Waals surface area contributed by atoms with E-state index in [0.29, 0.717) is 11.5 Å². The van der Waals surface area contributed by atoms with Crippen molar-refractivity contribution >= 4 is 15.9 Å². The summed E-state index contributed by atoms with van der Waals surface area (Å²) < 4.78 is 0.886. The van der Waals surface area contributed by atoms with Gasteiger partial charge >= 0.3 is 0 Å². The summed E-state index contributed by atoms with van der Waals surface area (Å²) in [5, 5.41) is 30.0. The number of allylic oxidation sites excluding steroid dienone is 4. The molecule has 2 N–H and O–H groups in total. The molecule has 142 valence electrons. The third kappa shape index (κ3) is 3.03. The Balaban J connectivity index is 2.31. The zero-order valence-electron chi connectivity index (χ0n) is 16.3. The highest BCUT2D eigenvalue weighted by Gasteiger charge is 2.55. The SMILES string of the molecule is CC(C)(C)[C@H]1CC=C2C(C#N)=C(N)C(C#N)(C#N)[C@H](c3cccc(Br)c3)[C@@H]2C1. The molecule has 3 rings (SSSR count). The molecule has 0 aliphatic heterocycles. The summed E-state index contributed by atoms with van der Waals surface area (Å²) in [4.78, 5) is 0. The summed E-state index contributed by atoms with van der Waals surface area (Å²) >= 11 is 3.51. The number of hydrogen-bond donors (Lipinski definition) is 1. The van der Waals surface area contributed by atoms with Crippen molar-refractivity contribution in [3.63, 3.8) is 0 Å². The van der Waals surface area contributed by atoms with Gasteiger partial charge in [-0.3, -0.25) is 0 Å². The van der Waals surface area contributed by atoms with E-state index in [2.05, 4.69) is 61.0 Å². The van der Waals surface area contributed by atoms with Crippen LogP contribution in [0.1, 0.15) is 45.1 Å². The van der Waals surface area contributed by atoms with Gasteiger partial charge in [0.05, 0.1) is 23.4 Å². The van der Waals surface area contributed by atoms with Crippen LogP contribution in [0.5, 0.6) is 0 Å². The Kier molecular flexibility index (Phi) is 5.14. The lowest BCUT2D eigenvalue weighted by molar-refractivity contribution is 0.170. The summed E-state index contributed by atoms with van der Waals surface area (Å²) in [6.45, 7) is 6.64. The van der Waals surface area contributed by atoms with Crippen LogP contribution in [0.25, 0.3) is 0 Å². The summed E-state index contributed by atoms with van der Waals surface area (Å²) in [6, 6.07) is 14.3. The highest BCUT2D eigenvalue weighted by Crippen LogP contribution is 2.58. The van der Waals surface area contributed by atoms with Gasteiger partial charge in [0.25, 0.3) is 0 Å². The molecule has 0 aromatic heterocycles. The predicted octanol–water partition coefficient (Wildman–Crippen LogP) is 5.31. The minimum Gasteiger partial charge on any atom is -0.399 e. The van der Waals surface area contributed by atoms with Gasteiger partial charge in [-0.25, -0.2) is 0 Å². The zero-order chi connectivity index (χ0) is 20.7. The van der Waals surface area contributed by atoms with Crippen LogP contribution in [0.15, 0.2) is 51.7 Å². The van der Waals surface area contributed by atoms with Gasteiger partial charge in [0.15, 0.2) is 5.41 Å². The van der Waals surface area contributed by atoms with E-state index in [9.17, 15) is 15.8 Å². The first-order valence-electron chi connectivity index (χ1n) is 9.38. The second-order valence-corrected chi connectivity index (χ2v) is 9.68. The van der Waals surface area contributed by atoms with E-state index in [-0.39, 0.29) is 17.0 Å². The third-order valence-corrected chi connectivity index (χ3v) is 6.80. The van der Waals surface area contributed by atoms with Gasteiger partial charge in [0.2, 0.25) is 0 Å². The topological polar surface area (TPSA) is 97.4 Å². The second kappa shape index (κ2) is 7.12. The van der Waals surface area contributed by atoms with E-state index in [4.69, 9.17) is 5.73 Å². The maximum absolute atomic E-state index is 10.1. The van der Waals surface area contributed by atoms with Crippen molar-refractivity contribution in [1.82, 2.24) is 0 Å². The molecular formula is C23H23BrN4. The molecule has 0 amide bonds. The van der Waals surface area contributed by atoms with Crippen molar-refractivity contribution in [2.75, 3.05) is 0 Å². The average Bonchev–Trinajstić information content (AvgIpc) is 2.66. The Bertz CT molecular complexity index is 977. The van der Waals surface area contributed by atoms with E-state index in [0.717, 1.165) is 28.5 Å². The molecule has 28 heavy (non-hydrogen) atoms. The molecule has 0 spiro atoms. The summed E-state index contributed by atoms with van der Waals surface area (Å²) in [5.41, 5.74) is 7.05. The second-order valence-electron chi connectivity index (χ2n) is 8.77. The number of halogens is 1. The lowest BCUT2D eigenvalue weighted by Gasteiger charge is -2.47. The van der Waals surface area contributed by atoms with Crippen molar-refractivity contribution in [3.05, 3.63) is 57.2 Å². The molecule has 2 aliphatic rings. The fraction of sp³-hybridized carbons (Fsp3) is 0.435. The van der Waals surface area contributed by atoms with Crippen molar-refractivity contribution in [2.24, 2.45) is 28.4 Å². The highest BCUT2D eigenvalue weighted by atomic mass is 79.9. The average molecular weight is 435 g/mol. The predicted molar refractivity (Wildman–Crippen MR) is 111 cm³/mol. The molecule has 2 aliphatic carbocycles. The molecule has 0 radical (unpaired) electrons. The smallest absolute Gasteiger partial charge is 0.191 e. The number of fused-ring (bicyclic) bond motifs is 1. The first kappa shape index (κ1) is 20.2. The van der Waals surface area contributed by atoms with E-state index >= 15 is 0 Å². The van der Waals surface area contributed by atoms with Crippen LogP contribution < -0.4 is 5.73 Å². The van der Waals surface area contributed by atoms with Crippen LogP contribution in [0.4, 0.5) is 0 Å². The minimum atomic E-state index is -1.56. The molecule has 4 nitrogen and oxygen atoms in total. The third-order valence-electron chi connectivity index (χ3n) is 6.31. The van der Waals surface area contributed by atoms with Crippen LogP contribution in [-0.4, -0.2) is 0 Å². The Morgan fingerprint density at radius 2 is 1.86 bits per heavy atom. The van der Waals surface area contributed by atoms with E-state index < -0.39 is 11.3 Å². The standard InChI is InChI=1S/C23H23BrN4/c1-22(2,3)15-7-8-17-18(10-15)20(14-5-4-6-16(24)9-14)23(12-26,13-27)21(28)19(17)11-25/h4-6,8-9,15,18,20H,7,10,28H2,1-3H3/t15-,18+,20+/m0/s1. The molecule has 0 saturated carbocycles. The molecule has 0 unspecified atom stereocenters. The number of nitrogens with two attached hydrogens (primary N) is 1. The van der Waals surface area contributed by atoms with Crippen molar-refractivity contribution in [3.8, 4) is 18.2 Å². The Morgan fingerprint density at radius 1 is 1.18 bits per heavy atom. The monoisotopic (exact) mass is 434 g/mol. The van der Waals surface area contributed by atoms with Gasteiger partial charge in [-0.1, -0.05) is 54.9 Å². The lowest BCUT2D eigenvalue weighted by atomic mass is 9.54. The molecule has 0 heterocycles. The number of hydrogen-bond acceptors (Lipinski definition) is 4. The van der Waals surface area contributed by atoms with Gasteiger partial charge in [0.1, 0.15) is 6.07 Å². The quantitative estimate of drug-likeness (QED) is 0.646.